The molecule has 0 saturated carbocycles. The third kappa shape index (κ3) is 3.78. The van der Waals surface area contributed by atoms with Crippen LogP contribution in [0.1, 0.15) is 35.0 Å². The smallest absolute Gasteiger partial charge is 0.252 e. The maximum atomic E-state index is 13.0. The molecule has 28 heavy (non-hydrogen) atoms. The van der Waals surface area contributed by atoms with Gasteiger partial charge in [-0.2, -0.15) is 5.10 Å². The van der Waals surface area contributed by atoms with Gasteiger partial charge in [-0.05, 0) is 44.4 Å². The molecule has 0 spiro atoms. The van der Waals surface area contributed by atoms with Gasteiger partial charge in [0, 0.05) is 31.9 Å². The molecular weight excluding hydrogens is 350 g/mol. The van der Waals surface area contributed by atoms with Gasteiger partial charge >= 0.3 is 0 Å². The summed E-state index contributed by atoms with van der Waals surface area (Å²) in [5, 5.41) is 8.28. The maximum Gasteiger partial charge on any atom is 0.252 e. The van der Waals surface area contributed by atoms with Crippen LogP contribution < -0.4 is 5.32 Å². The molecule has 0 aliphatic carbocycles. The van der Waals surface area contributed by atoms with Gasteiger partial charge in [-0.15, -0.1) is 0 Å². The zero-order valence-corrected chi connectivity index (χ0v) is 16.7. The van der Waals surface area contributed by atoms with Crippen molar-refractivity contribution in [2.75, 3.05) is 13.1 Å². The van der Waals surface area contributed by atoms with Gasteiger partial charge in [-0.1, -0.05) is 30.3 Å². The minimum absolute atomic E-state index is 0.0440. The highest BCUT2D eigenvalue weighted by Crippen LogP contribution is 2.23. The molecule has 1 saturated heterocycles. The molecule has 0 unspecified atom stereocenters. The lowest BCUT2D eigenvalue weighted by molar-refractivity contribution is 0.0928. The fourth-order valence-electron chi connectivity index (χ4n) is 4.09. The lowest BCUT2D eigenvalue weighted by Gasteiger charge is -2.22. The lowest BCUT2D eigenvalue weighted by Crippen LogP contribution is -2.39. The van der Waals surface area contributed by atoms with Crippen LogP contribution in [0.15, 0.2) is 42.6 Å². The quantitative estimate of drug-likeness (QED) is 0.743. The zero-order valence-electron chi connectivity index (χ0n) is 16.7. The van der Waals surface area contributed by atoms with E-state index in [2.05, 4.69) is 51.5 Å². The lowest BCUT2D eigenvalue weighted by atomic mass is 10.00. The highest BCUT2D eigenvalue weighted by Gasteiger charge is 2.28. The Kier molecular flexibility index (Phi) is 5.13. The molecule has 1 fully saturated rings. The van der Waals surface area contributed by atoms with Crippen molar-refractivity contribution >= 4 is 16.9 Å². The van der Waals surface area contributed by atoms with Gasteiger partial charge in [0.2, 0.25) is 0 Å². The molecule has 4 rings (SSSR count). The number of benzene rings is 1. The molecule has 1 aliphatic rings. The van der Waals surface area contributed by atoms with Crippen molar-refractivity contribution in [1.29, 1.82) is 0 Å². The van der Waals surface area contributed by atoms with E-state index in [1.165, 1.54) is 5.56 Å². The van der Waals surface area contributed by atoms with E-state index >= 15 is 0 Å². The van der Waals surface area contributed by atoms with Crippen LogP contribution >= 0.6 is 0 Å². The summed E-state index contributed by atoms with van der Waals surface area (Å²) in [6.45, 7) is 7.07. The Hall–Kier alpha value is -2.73. The predicted octanol–water partition coefficient (Wildman–Crippen LogP) is 2.92. The summed E-state index contributed by atoms with van der Waals surface area (Å²) >= 11 is 0. The Morgan fingerprint density at radius 2 is 2.11 bits per heavy atom. The monoisotopic (exact) mass is 377 g/mol. The second-order valence-corrected chi connectivity index (χ2v) is 7.85. The second kappa shape index (κ2) is 7.72. The van der Waals surface area contributed by atoms with Gasteiger partial charge < -0.3 is 5.32 Å². The van der Waals surface area contributed by atoms with Crippen molar-refractivity contribution < 1.29 is 4.79 Å². The third-order valence-electron chi connectivity index (χ3n) is 5.70. The van der Waals surface area contributed by atoms with E-state index in [9.17, 15) is 4.79 Å². The van der Waals surface area contributed by atoms with Crippen molar-refractivity contribution in [3.63, 3.8) is 0 Å². The first kappa shape index (κ1) is 18.6. The molecule has 3 aromatic rings. The number of rotatable bonds is 5. The number of hydrogen-bond donors (Lipinski definition) is 1. The molecule has 2 aromatic heterocycles. The fraction of sp³-hybridized carbons (Fsp3) is 0.409. The topological polar surface area (TPSA) is 63.1 Å². The summed E-state index contributed by atoms with van der Waals surface area (Å²) in [4.78, 5) is 19.9. The predicted molar refractivity (Wildman–Crippen MR) is 110 cm³/mol. The Balaban J connectivity index is 1.41. The van der Waals surface area contributed by atoms with Crippen molar-refractivity contribution in [2.45, 2.75) is 32.9 Å². The van der Waals surface area contributed by atoms with Crippen LogP contribution in [0.5, 0.6) is 0 Å². The summed E-state index contributed by atoms with van der Waals surface area (Å²) in [5.41, 5.74) is 3.56. The van der Waals surface area contributed by atoms with Crippen LogP contribution in [0.25, 0.3) is 11.0 Å². The molecule has 0 radical (unpaired) electrons. The summed E-state index contributed by atoms with van der Waals surface area (Å²) in [7, 11) is 1.85. The summed E-state index contributed by atoms with van der Waals surface area (Å²) in [6.07, 6.45) is 2.82. The molecule has 1 aliphatic heterocycles. The number of likely N-dealkylation sites (tertiary alicyclic amines) is 1. The molecule has 1 aromatic carbocycles. The zero-order chi connectivity index (χ0) is 19.7. The van der Waals surface area contributed by atoms with E-state index in [1.54, 1.807) is 10.9 Å². The van der Waals surface area contributed by atoms with E-state index in [0.29, 0.717) is 11.5 Å². The van der Waals surface area contributed by atoms with E-state index in [-0.39, 0.29) is 11.9 Å². The Morgan fingerprint density at radius 1 is 1.32 bits per heavy atom. The van der Waals surface area contributed by atoms with Crippen molar-refractivity contribution in [3.05, 3.63) is 59.4 Å². The number of fused-ring (bicyclic) bond motifs is 1. The van der Waals surface area contributed by atoms with Crippen molar-refractivity contribution in [1.82, 2.24) is 25.0 Å². The number of aryl methyl sites for hydroxylation is 2. The first-order valence-electron chi connectivity index (χ1n) is 9.88. The Morgan fingerprint density at radius 3 is 2.89 bits per heavy atom. The molecule has 1 amide bonds. The second-order valence-electron chi connectivity index (χ2n) is 7.85. The van der Waals surface area contributed by atoms with Crippen LogP contribution in [0.2, 0.25) is 0 Å². The van der Waals surface area contributed by atoms with E-state index in [4.69, 9.17) is 0 Å². The molecule has 6 heteroatoms. The van der Waals surface area contributed by atoms with Crippen LogP contribution in [0, 0.1) is 12.8 Å². The number of aromatic nitrogens is 3. The van der Waals surface area contributed by atoms with Crippen LogP contribution in [0.3, 0.4) is 0 Å². The molecule has 1 N–H and O–H groups in total. The van der Waals surface area contributed by atoms with Gasteiger partial charge in [0.15, 0.2) is 5.65 Å². The molecule has 2 atom stereocenters. The van der Waals surface area contributed by atoms with E-state index in [1.807, 2.05) is 26.1 Å². The number of amides is 1. The number of pyridine rings is 1. The Bertz CT molecular complexity index is 981. The van der Waals surface area contributed by atoms with Gasteiger partial charge in [0.25, 0.3) is 5.91 Å². The molecule has 146 valence electrons. The Labute approximate surface area is 165 Å². The normalized spacial score (nSPS) is 18.5. The average Bonchev–Trinajstić information content (AvgIpc) is 3.29. The van der Waals surface area contributed by atoms with Gasteiger partial charge in [-0.3, -0.25) is 14.4 Å². The van der Waals surface area contributed by atoms with Gasteiger partial charge in [0.05, 0.1) is 17.1 Å². The first-order chi connectivity index (χ1) is 13.5. The third-order valence-corrected chi connectivity index (χ3v) is 5.70. The van der Waals surface area contributed by atoms with Crippen molar-refractivity contribution in [3.8, 4) is 0 Å². The number of hydrogen-bond acceptors (Lipinski definition) is 4. The standard InChI is InChI=1S/C22H27N5O/c1-15-11-19(20-12-23-26(3)21(20)24-15)22(28)25-16(2)18-9-10-27(14-18)13-17-7-5-4-6-8-17/h4-8,11-12,16,18H,9-10,13-14H2,1-3H3,(H,25,28)/t16-,18+/m1/s1. The van der Waals surface area contributed by atoms with Crippen LogP contribution in [-0.2, 0) is 13.6 Å². The molecular formula is C22H27N5O. The fourth-order valence-corrected chi connectivity index (χ4v) is 4.09. The largest absolute Gasteiger partial charge is 0.349 e. The number of nitrogens with zero attached hydrogens (tertiary/aromatic N) is 4. The highest BCUT2D eigenvalue weighted by atomic mass is 16.1. The summed E-state index contributed by atoms with van der Waals surface area (Å²) in [6, 6.07) is 12.5. The van der Waals surface area contributed by atoms with E-state index < -0.39 is 0 Å². The van der Waals surface area contributed by atoms with Gasteiger partial charge in [0.1, 0.15) is 0 Å². The SMILES string of the molecule is Cc1cc(C(=O)N[C@H](C)[C@H]2CCN(Cc3ccccc3)C2)c2cnn(C)c2n1. The summed E-state index contributed by atoms with van der Waals surface area (Å²) in [5.74, 6) is 0.414. The van der Waals surface area contributed by atoms with Crippen LogP contribution in [-0.4, -0.2) is 44.7 Å². The molecule has 6 nitrogen and oxygen atoms in total. The maximum absolute atomic E-state index is 13.0. The number of carbonyl (C=O) groups is 1. The number of carbonyl (C=O) groups excluding carboxylic acids is 1. The highest BCUT2D eigenvalue weighted by molar-refractivity contribution is 6.05. The first-order valence-corrected chi connectivity index (χ1v) is 9.88. The average molecular weight is 377 g/mol. The minimum Gasteiger partial charge on any atom is -0.349 e. The van der Waals surface area contributed by atoms with Crippen molar-refractivity contribution in [2.24, 2.45) is 13.0 Å². The number of nitrogens with one attached hydrogen (secondary N) is 1. The van der Waals surface area contributed by atoms with E-state index in [0.717, 1.165) is 42.8 Å². The summed E-state index contributed by atoms with van der Waals surface area (Å²) < 4.78 is 1.71. The van der Waals surface area contributed by atoms with Gasteiger partial charge in [-0.25, -0.2) is 4.98 Å². The molecule has 0 bridgehead atoms. The minimum atomic E-state index is -0.0440. The van der Waals surface area contributed by atoms with Crippen LogP contribution in [0.4, 0.5) is 0 Å². The molecule has 3 heterocycles.